The quantitative estimate of drug-likeness (QED) is 0.666. The van der Waals surface area contributed by atoms with Gasteiger partial charge in [0.1, 0.15) is 10.6 Å². The highest BCUT2D eigenvalue weighted by Gasteiger charge is 2.33. The third-order valence-corrected chi connectivity index (χ3v) is 7.99. The first-order chi connectivity index (χ1) is 15.6. The van der Waals surface area contributed by atoms with E-state index in [1.54, 1.807) is 17.9 Å². The van der Waals surface area contributed by atoms with Crippen LogP contribution in [-0.4, -0.2) is 61.7 Å². The summed E-state index contributed by atoms with van der Waals surface area (Å²) in [7, 11) is -3.91. The molecule has 10 heteroatoms. The summed E-state index contributed by atoms with van der Waals surface area (Å²) >= 11 is 6.25. The molecular weight excluding hydrogens is 466 g/mol. The highest BCUT2D eigenvalue weighted by atomic mass is 35.5. The Morgan fingerprint density at radius 2 is 1.82 bits per heavy atom. The number of amides is 2. The Labute approximate surface area is 197 Å². The lowest BCUT2D eigenvalue weighted by atomic mass is 10.1. The zero-order valence-electron chi connectivity index (χ0n) is 18.2. The van der Waals surface area contributed by atoms with Crippen molar-refractivity contribution in [3.8, 4) is 5.75 Å². The molecule has 0 radical (unpaired) electrons. The molecule has 0 saturated carbocycles. The SMILES string of the molecule is Cc1ccc(/C=C/C(=O)N2CCN(S(=O)(=O)c3cc4c(cc3Cl)NC(=O)[C@@H](C)O4)CC2)cc1. The number of nitrogens with one attached hydrogen (secondary N) is 1. The van der Waals surface area contributed by atoms with Crippen LogP contribution in [0.5, 0.6) is 5.75 Å². The number of sulfonamides is 1. The van der Waals surface area contributed by atoms with Crippen molar-refractivity contribution >= 4 is 45.2 Å². The maximum atomic E-state index is 13.2. The molecule has 33 heavy (non-hydrogen) atoms. The van der Waals surface area contributed by atoms with Gasteiger partial charge in [0.15, 0.2) is 6.10 Å². The Hall–Kier alpha value is -2.88. The van der Waals surface area contributed by atoms with Gasteiger partial charge in [0, 0.05) is 38.3 Å². The fraction of sp³-hybridized carbons (Fsp3) is 0.304. The van der Waals surface area contributed by atoms with Crippen molar-refractivity contribution in [2.45, 2.75) is 24.8 Å². The van der Waals surface area contributed by atoms with Crippen LogP contribution in [0.2, 0.25) is 5.02 Å². The van der Waals surface area contributed by atoms with Crippen molar-refractivity contribution < 1.29 is 22.7 Å². The Balaban J connectivity index is 1.44. The van der Waals surface area contributed by atoms with Crippen LogP contribution in [-0.2, 0) is 19.6 Å². The highest BCUT2D eigenvalue weighted by molar-refractivity contribution is 7.89. The molecule has 1 saturated heterocycles. The molecular formula is C23H24ClN3O5S. The Bertz CT molecular complexity index is 1220. The molecule has 1 atom stereocenters. The van der Waals surface area contributed by atoms with Gasteiger partial charge >= 0.3 is 0 Å². The number of rotatable bonds is 4. The van der Waals surface area contributed by atoms with Crippen LogP contribution in [0.3, 0.4) is 0 Å². The van der Waals surface area contributed by atoms with Crippen LogP contribution in [0.4, 0.5) is 5.69 Å². The van der Waals surface area contributed by atoms with Crippen LogP contribution in [0.1, 0.15) is 18.1 Å². The second kappa shape index (κ2) is 9.17. The average Bonchev–Trinajstić information content (AvgIpc) is 2.79. The van der Waals surface area contributed by atoms with Gasteiger partial charge in [-0.3, -0.25) is 9.59 Å². The number of ether oxygens (including phenoxy) is 1. The molecule has 2 aliphatic heterocycles. The van der Waals surface area contributed by atoms with Gasteiger partial charge in [0.05, 0.1) is 10.7 Å². The molecule has 2 heterocycles. The predicted molar refractivity (Wildman–Crippen MR) is 126 cm³/mol. The average molecular weight is 490 g/mol. The minimum absolute atomic E-state index is 0.00765. The molecule has 4 rings (SSSR count). The number of piperazine rings is 1. The summed E-state index contributed by atoms with van der Waals surface area (Å²) < 4.78 is 33.3. The van der Waals surface area contributed by atoms with Crippen LogP contribution >= 0.6 is 11.6 Å². The molecule has 0 spiro atoms. The molecule has 2 amide bonds. The first-order valence-corrected chi connectivity index (χ1v) is 12.3. The lowest BCUT2D eigenvalue weighted by Gasteiger charge is -2.34. The van der Waals surface area contributed by atoms with Crippen molar-refractivity contribution in [3.63, 3.8) is 0 Å². The number of fused-ring (bicyclic) bond motifs is 1. The maximum Gasteiger partial charge on any atom is 0.265 e. The van der Waals surface area contributed by atoms with E-state index in [9.17, 15) is 18.0 Å². The third kappa shape index (κ3) is 4.90. The van der Waals surface area contributed by atoms with Crippen LogP contribution in [0.15, 0.2) is 47.4 Å². The molecule has 0 bridgehead atoms. The molecule has 0 aliphatic carbocycles. The molecule has 1 N–H and O–H groups in total. The monoisotopic (exact) mass is 489 g/mol. The second-order valence-corrected chi connectivity index (χ2v) is 10.3. The molecule has 0 unspecified atom stereocenters. The van der Waals surface area contributed by atoms with Gasteiger partial charge in [-0.25, -0.2) is 8.42 Å². The van der Waals surface area contributed by atoms with E-state index in [-0.39, 0.29) is 53.7 Å². The van der Waals surface area contributed by atoms with Crippen molar-refractivity contribution in [1.82, 2.24) is 9.21 Å². The molecule has 174 valence electrons. The Morgan fingerprint density at radius 3 is 2.48 bits per heavy atom. The standard InChI is InChI=1S/C23H24ClN3O5S/c1-15-3-5-17(6-4-15)7-8-22(28)26-9-11-27(12-10-26)33(30,31)21-14-20-19(13-18(21)24)25-23(29)16(2)32-20/h3-8,13-14,16H,9-12H2,1-2H3,(H,25,29)/b8-7+/t16-/m1/s1. The van der Waals surface area contributed by atoms with Crippen molar-refractivity contribution in [2.75, 3.05) is 31.5 Å². The normalized spacial score (nSPS) is 19.2. The van der Waals surface area contributed by atoms with E-state index < -0.39 is 16.1 Å². The maximum absolute atomic E-state index is 13.2. The minimum atomic E-state index is -3.91. The van der Waals surface area contributed by atoms with Gasteiger partial charge in [-0.15, -0.1) is 0 Å². The lowest BCUT2D eigenvalue weighted by Crippen LogP contribution is -2.50. The molecule has 8 nitrogen and oxygen atoms in total. The smallest absolute Gasteiger partial charge is 0.265 e. The Kier molecular flexibility index (Phi) is 6.47. The number of carbonyl (C=O) groups excluding carboxylic acids is 2. The molecule has 2 aromatic carbocycles. The fourth-order valence-corrected chi connectivity index (χ4v) is 5.58. The second-order valence-electron chi connectivity index (χ2n) is 8.00. The molecule has 2 aromatic rings. The first-order valence-electron chi connectivity index (χ1n) is 10.5. The van der Waals surface area contributed by atoms with Crippen molar-refractivity contribution in [2.24, 2.45) is 0 Å². The number of nitrogens with zero attached hydrogens (tertiary/aromatic N) is 2. The summed E-state index contributed by atoms with van der Waals surface area (Å²) in [5.74, 6) is -0.246. The topological polar surface area (TPSA) is 96.0 Å². The van der Waals surface area contributed by atoms with E-state index in [2.05, 4.69) is 5.32 Å². The number of aryl methyl sites for hydroxylation is 1. The summed E-state index contributed by atoms with van der Waals surface area (Å²) in [5.41, 5.74) is 2.39. The zero-order valence-corrected chi connectivity index (χ0v) is 19.8. The number of anilines is 1. The summed E-state index contributed by atoms with van der Waals surface area (Å²) in [5, 5.41) is 2.64. The predicted octanol–water partition coefficient (Wildman–Crippen LogP) is 2.91. The number of halogens is 1. The summed E-state index contributed by atoms with van der Waals surface area (Å²) in [6.45, 7) is 4.39. The minimum Gasteiger partial charge on any atom is -0.479 e. The highest BCUT2D eigenvalue weighted by Crippen LogP contribution is 2.38. The van der Waals surface area contributed by atoms with Gasteiger partial charge in [-0.2, -0.15) is 4.31 Å². The Morgan fingerprint density at radius 1 is 1.15 bits per heavy atom. The fourth-order valence-electron chi connectivity index (χ4n) is 3.64. The van der Waals surface area contributed by atoms with E-state index in [4.69, 9.17) is 16.3 Å². The van der Waals surface area contributed by atoms with Crippen LogP contribution in [0.25, 0.3) is 6.08 Å². The summed E-state index contributed by atoms with van der Waals surface area (Å²) in [6.07, 6.45) is 2.51. The van der Waals surface area contributed by atoms with Crippen LogP contribution < -0.4 is 10.1 Å². The zero-order chi connectivity index (χ0) is 23.8. The van der Waals surface area contributed by atoms with E-state index in [1.165, 1.54) is 22.5 Å². The number of benzene rings is 2. The van der Waals surface area contributed by atoms with Crippen molar-refractivity contribution in [3.05, 3.63) is 58.6 Å². The molecule has 1 fully saturated rings. The van der Waals surface area contributed by atoms with Gasteiger partial charge in [0.25, 0.3) is 5.91 Å². The van der Waals surface area contributed by atoms with Crippen molar-refractivity contribution in [1.29, 1.82) is 0 Å². The number of carbonyl (C=O) groups is 2. The van der Waals surface area contributed by atoms with Gasteiger partial charge in [-0.05, 0) is 31.6 Å². The van der Waals surface area contributed by atoms with E-state index in [0.717, 1.165) is 11.1 Å². The van der Waals surface area contributed by atoms with Gasteiger partial charge < -0.3 is 15.0 Å². The largest absolute Gasteiger partial charge is 0.479 e. The van der Waals surface area contributed by atoms with E-state index in [1.807, 2.05) is 31.2 Å². The lowest BCUT2D eigenvalue weighted by molar-refractivity contribution is -0.127. The van der Waals surface area contributed by atoms with Gasteiger partial charge in [0.2, 0.25) is 15.9 Å². The van der Waals surface area contributed by atoms with Crippen LogP contribution in [0, 0.1) is 6.92 Å². The summed E-state index contributed by atoms with van der Waals surface area (Å²) in [6, 6.07) is 10.5. The third-order valence-electron chi connectivity index (χ3n) is 5.63. The summed E-state index contributed by atoms with van der Waals surface area (Å²) in [4.78, 5) is 25.8. The van der Waals surface area contributed by atoms with E-state index >= 15 is 0 Å². The van der Waals surface area contributed by atoms with Gasteiger partial charge in [-0.1, -0.05) is 41.4 Å². The number of hydrogen-bond acceptors (Lipinski definition) is 5. The molecule has 0 aromatic heterocycles. The van der Waals surface area contributed by atoms with E-state index in [0.29, 0.717) is 5.69 Å². The number of hydrogen-bond donors (Lipinski definition) is 1. The first kappa shape index (κ1) is 23.3. The molecule has 2 aliphatic rings.